The number of hydrogen-bond acceptors (Lipinski definition) is 8. The van der Waals surface area contributed by atoms with Crippen molar-refractivity contribution in [3.8, 4) is 11.5 Å². The van der Waals surface area contributed by atoms with E-state index in [2.05, 4.69) is 21.1 Å². The summed E-state index contributed by atoms with van der Waals surface area (Å²) < 4.78 is 36.7. The summed E-state index contributed by atoms with van der Waals surface area (Å²) >= 11 is 0. The van der Waals surface area contributed by atoms with Crippen LogP contribution in [0.3, 0.4) is 0 Å². The predicted octanol–water partition coefficient (Wildman–Crippen LogP) is 4.70. The van der Waals surface area contributed by atoms with Gasteiger partial charge in [-0.15, -0.1) is 22.3 Å². The van der Waals surface area contributed by atoms with E-state index in [0.29, 0.717) is 46.5 Å². The van der Waals surface area contributed by atoms with Gasteiger partial charge in [0.2, 0.25) is 11.8 Å². The second kappa shape index (κ2) is 12.2. The predicted molar refractivity (Wildman–Crippen MR) is 135 cm³/mol. The van der Waals surface area contributed by atoms with Crippen LogP contribution in [0.25, 0.3) is 0 Å². The van der Waals surface area contributed by atoms with Gasteiger partial charge in [0, 0.05) is 22.6 Å². The van der Waals surface area contributed by atoms with Crippen LogP contribution in [0.4, 0.5) is 8.78 Å². The number of phenols is 2. The van der Waals surface area contributed by atoms with Crippen molar-refractivity contribution in [2.75, 3.05) is 0 Å². The van der Waals surface area contributed by atoms with Crippen LogP contribution in [0.5, 0.6) is 11.5 Å². The Hall–Kier alpha value is -4.76. The van der Waals surface area contributed by atoms with Crippen molar-refractivity contribution in [3.05, 3.63) is 143 Å². The molecule has 0 atom stereocenters. The third-order valence-electron chi connectivity index (χ3n) is 5.40. The maximum absolute atomic E-state index is 12.8. The summed E-state index contributed by atoms with van der Waals surface area (Å²) in [5.74, 6) is 0.220. The van der Waals surface area contributed by atoms with E-state index >= 15 is 0 Å². The number of rotatable bonds is 4. The smallest absolute Gasteiger partial charge is 0.565 e. The standard InChI is InChI=1S/2C14H10FN2O2.Zn/c2*15-10-7-5-9(6-8-10)13-16-17-14(19-13)11-3-1-2-4-12(11)18;/h2*1-8,17-18H;/q2*-1;+2. The van der Waals surface area contributed by atoms with Crippen LogP contribution in [-0.4, -0.2) is 22.0 Å². The summed E-state index contributed by atoms with van der Waals surface area (Å²) in [7, 11) is 0. The number of nitrogens with one attached hydrogen (secondary N) is 2. The largest absolute Gasteiger partial charge is 2.00 e. The van der Waals surface area contributed by atoms with Gasteiger partial charge in [0.15, 0.2) is 0 Å². The molecule has 0 saturated carbocycles. The van der Waals surface area contributed by atoms with Gasteiger partial charge >= 0.3 is 19.5 Å². The minimum absolute atomic E-state index is 0. The maximum Gasteiger partial charge on any atom is 2.00 e. The molecule has 2 aliphatic heterocycles. The fourth-order valence-electron chi connectivity index (χ4n) is 3.48. The van der Waals surface area contributed by atoms with Gasteiger partial charge in [0.25, 0.3) is 0 Å². The Labute approximate surface area is 235 Å². The van der Waals surface area contributed by atoms with E-state index in [9.17, 15) is 19.0 Å². The Kier molecular flexibility index (Phi) is 8.53. The summed E-state index contributed by atoms with van der Waals surface area (Å²) in [4.78, 5) is 0. The Morgan fingerprint density at radius 1 is 0.564 bits per heavy atom. The SMILES string of the molecule is Oc1ccccc1[C-]1NN=C(c2ccc(F)cc2)O1.Oc1ccccc1[C-]1NN=C(c2ccc(F)cc2)O1.[Zn+2]. The molecule has 8 nitrogen and oxygen atoms in total. The van der Waals surface area contributed by atoms with Crippen LogP contribution in [0.1, 0.15) is 22.3 Å². The zero-order valence-corrected chi connectivity index (χ0v) is 23.3. The molecule has 0 radical (unpaired) electrons. The number of halogens is 2. The second-order valence-electron chi connectivity index (χ2n) is 7.97. The van der Waals surface area contributed by atoms with E-state index < -0.39 is 0 Å². The second-order valence-corrected chi connectivity index (χ2v) is 7.97. The molecule has 2 heterocycles. The van der Waals surface area contributed by atoms with Crippen LogP contribution in [0.2, 0.25) is 0 Å². The molecule has 0 unspecified atom stereocenters. The molecule has 4 N–H and O–H groups in total. The molecule has 39 heavy (non-hydrogen) atoms. The first-order valence-corrected chi connectivity index (χ1v) is 11.3. The normalized spacial score (nSPS) is 13.4. The number of hydrogen-bond donors (Lipinski definition) is 4. The number of phenolic OH excluding ortho intramolecular Hbond substituents is 2. The molecule has 0 amide bonds. The van der Waals surface area contributed by atoms with Crippen LogP contribution < -0.4 is 10.9 Å². The average Bonchev–Trinajstić information content (AvgIpc) is 3.61. The summed E-state index contributed by atoms with van der Waals surface area (Å²) in [5.41, 5.74) is 7.75. The van der Waals surface area contributed by atoms with Crippen LogP contribution in [0, 0.1) is 24.1 Å². The van der Waals surface area contributed by atoms with E-state index in [-0.39, 0.29) is 42.6 Å². The average molecular weight is 580 g/mol. The van der Waals surface area contributed by atoms with Gasteiger partial charge in [-0.3, -0.25) is 10.9 Å². The Morgan fingerprint density at radius 3 is 1.28 bits per heavy atom. The molecule has 2 aliphatic rings. The van der Waals surface area contributed by atoms with Gasteiger partial charge in [-0.1, -0.05) is 35.4 Å². The van der Waals surface area contributed by atoms with Crippen molar-refractivity contribution in [1.82, 2.24) is 10.9 Å². The molecule has 11 heteroatoms. The van der Waals surface area contributed by atoms with Gasteiger partial charge < -0.3 is 19.7 Å². The molecule has 4 aromatic carbocycles. The molecule has 192 valence electrons. The summed E-state index contributed by atoms with van der Waals surface area (Å²) in [5, 5.41) is 27.5. The molecule has 4 aromatic rings. The molecule has 0 fully saturated rings. The van der Waals surface area contributed by atoms with Crippen molar-refractivity contribution < 1.29 is 47.9 Å². The van der Waals surface area contributed by atoms with E-state index in [1.54, 1.807) is 72.8 Å². The first kappa shape index (κ1) is 27.3. The molecule has 0 aliphatic carbocycles. The monoisotopic (exact) mass is 578 g/mol. The first-order valence-electron chi connectivity index (χ1n) is 11.3. The zero-order chi connectivity index (χ0) is 26.5. The van der Waals surface area contributed by atoms with Crippen molar-refractivity contribution >= 4 is 11.8 Å². The number of nitrogens with zero attached hydrogens (tertiary/aromatic N) is 2. The Bertz CT molecular complexity index is 1370. The van der Waals surface area contributed by atoms with Gasteiger partial charge in [-0.2, -0.15) is 12.1 Å². The summed E-state index contributed by atoms with van der Waals surface area (Å²) in [6.07, 6.45) is 0.690. The van der Waals surface area contributed by atoms with E-state index in [1.165, 1.54) is 24.3 Å². The Morgan fingerprint density at radius 2 is 0.923 bits per heavy atom. The van der Waals surface area contributed by atoms with E-state index in [0.717, 1.165) is 0 Å². The molecule has 0 spiro atoms. The van der Waals surface area contributed by atoms with Gasteiger partial charge in [-0.05, 0) is 48.5 Å². The number of benzene rings is 4. The molecule has 0 saturated heterocycles. The van der Waals surface area contributed by atoms with Gasteiger partial charge in [0.05, 0.1) is 0 Å². The number of aromatic hydroxyl groups is 2. The molecule has 0 aromatic heterocycles. The molecule has 6 rings (SSSR count). The fourth-order valence-corrected chi connectivity index (χ4v) is 3.48. The number of hydrazone groups is 2. The first-order chi connectivity index (χ1) is 18.5. The number of ether oxygens (including phenoxy) is 2. The minimum atomic E-state index is -0.319. The summed E-state index contributed by atoms with van der Waals surface area (Å²) in [6, 6.07) is 25.2. The van der Waals surface area contributed by atoms with Gasteiger partial charge in [0.1, 0.15) is 24.1 Å². The topological polar surface area (TPSA) is 108 Å². The van der Waals surface area contributed by atoms with Gasteiger partial charge in [-0.25, -0.2) is 8.78 Å². The van der Waals surface area contributed by atoms with Crippen LogP contribution in [0.15, 0.2) is 107 Å². The summed E-state index contributed by atoms with van der Waals surface area (Å²) in [6.45, 7) is 0. The fraction of sp³-hybridized carbons (Fsp3) is 0. The number of para-hydroxylation sites is 2. The maximum atomic E-state index is 12.8. The third-order valence-corrected chi connectivity index (χ3v) is 5.40. The quantitative estimate of drug-likeness (QED) is 0.206. The van der Waals surface area contributed by atoms with E-state index in [1.807, 2.05) is 0 Å². The van der Waals surface area contributed by atoms with Crippen molar-refractivity contribution in [2.24, 2.45) is 10.2 Å². The molecular weight excluding hydrogens is 560 g/mol. The van der Waals surface area contributed by atoms with Crippen molar-refractivity contribution in [1.29, 1.82) is 0 Å². The van der Waals surface area contributed by atoms with Crippen molar-refractivity contribution in [3.63, 3.8) is 0 Å². The Balaban J connectivity index is 0.000000176. The van der Waals surface area contributed by atoms with Crippen molar-refractivity contribution in [2.45, 2.75) is 0 Å². The third kappa shape index (κ3) is 6.39. The van der Waals surface area contributed by atoms with E-state index in [4.69, 9.17) is 9.47 Å². The minimum Gasteiger partial charge on any atom is -0.565 e. The zero-order valence-electron chi connectivity index (χ0n) is 20.3. The van der Waals surface area contributed by atoms with Crippen LogP contribution in [-0.2, 0) is 29.0 Å². The molecular formula is C28H20F2N4O4Zn. The molecule has 0 bridgehead atoms. The van der Waals surface area contributed by atoms with Crippen LogP contribution >= 0.6 is 0 Å².